The van der Waals surface area contributed by atoms with Gasteiger partial charge in [0, 0.05) is 19.1 Å². The number of halogens is 1. The summed E-state index contributed by atoms with van der Waals surface area (Å²) < 4.78 is 5.31. The van der Waals surface area contributed by atoms with Crippen LogP contribution in [0.1, 0.15) is 34.1 Å². The van der Waals surface area contributed by atoms with Gasteiger partial charge in [0.1, 0.15) is 5.60 Å². The van der Waals surface area contributed by atoms with Crippen LogP contribution in [0, 0.1) is 0 Å². The van der Waals surface area contributed by atoms with E-state index in [1.165, 1.54) is 0 Å². The first kappa shape index (κ1) is 15.5. The molecule has 1 rings (SSSR count). The highest BCUT2D eigenvalue weighted by Crippen LogP contribution is 2.14. The number of carbonyl (C=O) groups excluding carboxylic acids is 1. The van der Waals surface area contributed by atoms with Gasteiger partial charge >= 0.3 is 6.09 Å². The van der Waals surface area contributed by atoms with E-state index in [-0.39, 0.29) is 18.5 Å². The van der Waals surface area contributed by atoms with E-state index in [1.807, 2.05) is 20.8 Å². The Kier molecular flexibility index (Phi) is 6.11. The summed E-state index contributed by atoms with van der Waals surface area (Å²) in [5.41, 5.74) is -0.395. The van der Waals surface area contributed by atoms with Crippen LogP contribution >= 0.6 is 12.4 Å². The molecule has 0 aromatic rings. The Hall–Kier alpha value is -0.480. The molecule has 0 aromatic carbocycles. The largest absolute Gasteiger partial charge is 0.444 e. The molecule has 16 heavy (non-hydrogen) atoms. The second kappa shape index (κ2) is 6.30. The third kappa shape index (κ3) is 5.03. The van der Waals surface area contributed by atoms with E-state index in [9.17, 15) is 4.79 Å². The fourth-order valence-electron chi connectivity index (χ4n) is 1.71. The molecule has 0 aliphatic carbocycles. The number of nitrogens with one attached hydrogen (secondary N) is 1. The number of likely N-dealkylation sites (N-methyl/N-ethyl adjacent to an activating group) is 1. The maximum absolute atomic E-state index is 11.7. The molecule has 0 radical (unpaired) electrons. The Bertz CT molecular complexity index is 229. The van der Waals surface area contributed by atoms with Crippen molar-refractivity contribution in [2.75, 3.05) is 19.6 Å². The van der Waals surface area contributed by atoms with Gasteiger partial charge in [-0.1, -0.05) is 6.92 Å². The summed E-state index contributed by atoms with van der Waals surface area (Å²) in [5.74, 6) is 0. The molecular weight excluding hydrogens is 228 g/mol. The fourth-order valence-corrected chi connectivity index (χ4v) is 1.71. The molecule has 1 aliphatic rings. The Balaban J connectivity index is 0.00000225. The minimum absolute atomic E-state index is 0. The lowest BCUT2D eigenvalue weighted by molar-refractivity contribution is 0.0291. The third-order valence-electron chi connectivity index (χ3n) is 2.33. The molecule has 1 amide bonds. The predicted octanol–water partition coefficient (Wildman–Crippen LogP) is 2.03. The van der Waals surface area contributed by atoms with Gasteiger partial charge < -0.3 is 15.0 Å². The molecule has 1 saturated heterocycles. The second-order valence-electron chi connectivity index (χ2n) is 4.97. The lowest BCUT2D eigenvalue weighted by Gasteiger charge is -2.24. The van der Waals surface area contributed by atoms with Crippen LogP contribution in [0.2, 0.25) is 0 Å². The van der Waals surface area contributed by atoms with Gasteiger partial charge in [-0.2, -0.15) is 0 Å². The van der Waals surface area contributed by atoms with E-state index >= 15 is 0 Å². The molecule has 0 bridgehead atoms. The van der Waals surface area contributed by atoms with Gasteiger partial charge in [0.15, 0.2) is 0 Å². The smallest absolute Gasteiger partial charge is 0.410 e. The zero-order valence-corrected chi connectivity index (χ0v) is 11.4. The molecule has 1 atom stereocenters. The first-order valence-corrected chi connectivity index (χ1v) is 5.63. The summed E-state index contributed by atoms with van der Waals surface area (Å²) in [4.78, 5) is 13.5. The van der Waals surface area contributed by atoms with Crippen LogP contribution in [0.3, 0.4) is 0 Å². The first-order valence-electron chi connectivity index (χ1n) is 5.63. The maximum Gasteiger partial charge on any atom is 0.410 e. The highest BCUT2D eigenvalue weighted by molar-refractivity contribution is 5.85. The van der Waals surface area contributed by atoms with Crippen molar-refractivity contribution in [3.8, 4) is 0 Å². The number of ether oxygens (including phenoxy) is 1. The van der Waals surface area contributed by atoms with Gasteiger partial charge in [-0.05, 0) is 33.7 Å². The van der Waals surface area contributed by atoms with E-state index in [4.69, 9.17) is 4.74 Å². The number of carbonyl (C=O) groups is 1. The zero-order chi connectivity index (χ0) is 11.5. The second-order valence-corrected chi connectivity index (χ2v) is 4.97. The molecule has 1 fully saturated rings. The Morgan fingerprint density at radius 1 is 1.50 bits per heavy atom. The van der Waals surface area contributed by atoms with Crippen LogP contribution in [-0.2, 0) is 4.74 Å². The van der Waals surface area contributed by atoms with E-state index in [1.54, 1.807) is 4.90 Å². The minimum Gasteiger partial charge on any atom is -0.444 e. The molecule has 96 valence electrons. The van der Waals surface area contributed by atoms with Crippen molar-refractivity contribution in [3.63, 3.8) is 0 Å². The number of amides is 1. The van der Waals surface area contributed by atoms with Crippen molar-refractivity contribution in [3.05, 3.63) is 0 Å². The average Bonchev–Trinajstić information content (AvgIpc) is 2.50. The zero-order valence-electron chi connectivity index (χ0n) is 10.6. The first-order chi connectivity index (χ1) is 6.92. The van der Waals surface area contributed by atoms with Gasteiger partial charge in [0.25, 0.3) is 0 Å². The van der Waals surface area contributed by atoms with E-state index in [0.29, 0.717) is 6.04 Å². The summed E-state index contributed by atoms with van der Waals surface area (Å²) in [6.07, 6.45) is 0.829. The van der Waals surface area contributed by atoms with Crippen molar-refractivity contribution in [1.82, 2.24) is 10.2 Å². The third-order valence-corrected chi connectivity index (χ3v) is 2.33. The monoisotopic (exact) mass is 250 g/mol. The summed E-state index contributed by atoms with van der Waals surface area (Å²) >= 11 is 0. The van der Waals surface area contributed by atoms with Crippen molar-refractivity contribution in [2.45, 2.75) is 45.8 Å². The highest BCUT2D eigenvalue weighted by Gasteiger charge is 2.28. The molecule has 1 heterocycles. The van der Waals surface area contributed by atoms with Gasteiger partial charge in [0.05, 0.1) is 0 Å². The Labute approximate surface area is 104 Å². The standard InChI is InChI=1S/C11H22N2O2.ClH/c1-5-12-9-6-7-13(8-9)10(14)15-11(2,3)4;/h9,12H,5-8H2,1-4H3;1H/t9-;/m1./s1. The molecule has 4 nitrogen and oxygen atoms in total. The van der Waals surface area contributed by atoms with Crippen molar-refractivity contribution >= 4 is 18.5 Å². The number of rotatable bonds is 2. The van der Waals surface area contributed by atoms with Crippen molar-refractivity contribution in [1.29, 1.82) is 0 Å². The topological polar surface area (TPSA) is 41.6 Å². The Morgan fingerprint density at radius 2 is 2.12 bits per heavy atom. The van der Waals surface area contributed by atoms with E-state index in [0.717, 1.165) is 26.1 Å². The van der Waals surface area contributed by atoms with E-state index in [2.05, 4.69) is 12.2 Å². The molecule has 1 N–H and O–H groups in total. The van der Waals surface area contributed by atoms with Crippen molar-refractivity contribution in [2.24, 2.45) is 0 Å². The van der Waals surface area contributed by atoms with Crippen molar-refractivity contribution < 1.29 is 9.53 Å². The molecule has 0 unspecified atom stereocenters. The molecule has 1 aliphatic heterocycles. The lowest BCUT2D eigenvalue weighted by Crippen LogP contribution is -2.38. The number of hydrogen-bond acceptors (Lipinski definition) is 3. The minimum atomic E-state index is -0.395. The summed E-state index contributed by atoms with van der Waals surface area (Å²) in [7, 11) is 0. The number of likely N-dealkylation sites (tertiary alicyclic amines) is 1. The van der Waals surface area contributed by atoms with E-state index < -0.39 is 5.60 Å². The SMILES string of the molecule is CCN[C@@H]1CCN(C(=O)OC(C)(C)C)C1.Cl. The van der Waals surface area contributed by atoms with Crippen LogP contribution in [0.15, 0.2) is 0 Å². The van der Waals surface area contributed by atoms with Crippen LogP contribution in [-0.4, -0.2) is 42.3 Å². The molecule has 5 heteroatoms. The summed E-state index contributed by atoms with van der Waals surface area (Å²) in [5, 5.41) is 3.34. The molecule has 0 spiro atoms. The number of hydrogen-bond donors (Lipinski definition) is 1. The predicted molar refractivity (Wildman–Crippen MR) is 67.1 cm³/mol. The molecule has 0 saturated carbocycles. The van der Waals surface area contributed by atoms with Gasteiger partial charge in [-0.3, -0.25) is 0 Å². The number of nitrogens with zero attached hydrogens (tertiary/aromatic N) is 1. The lowest BCUT2D eigenvalue weighted by atomic mass is 10.2. The van der Waals surface area contributed by atoms with Crippen LogP contribution in [0.4, 0.5) is 4.79 Å². The van der Waals surface area contributed by atoms with Crippen LogP contribution in [0.5, 0.6) is 0 Å². The summed E-state index contributed by atoms with van der Waals surface area (Å²) in [6.45, 7) is 10.3. The molecular formula is C11H23ClN2O2. The average molecular weight is 251 g/mol. The van der Waals surface area contributed by atoms with Gasteiger partial charge in [-0.15, -0.1) is 12.4 Å². The van der Waals surface area contributed by atoms with Gasteiger partial charge in [0.2, 0.25) is 0 Å². The quantitative estimate of drug-likeness (QED) is 0.816. The Morgan fingerprint density at radius 3 is 2.62 bits per heavy atom. The molecule has 0 aromatic heterocycles. The van der Waals surface area contributed by atoms with Crippen LogP contribution in [0.25, 0.3) is 0 Å². The summed E-state index contributed by atoms with van der Waals surface area (Å²) in [6, 6.07) is 0.433. The van der Waals surface area contributed by atoms with Gasteiger partial charge in [-0.25, -0.2) is 4.79 Å². The fraction of sp³-hybridized carbons (Fsp3) is 0.909. The highest BCUT2D eigenvalue weighted by atomic mass is 35.5. The van der Waals surface area contributed by atoms with Crippen LogP contribution < -0.4 is 5.32 Å². The normalized spacial score (nSPS) is 20.5. The maximum atomic E-state index is 11.7.